The summed E-state index contributed by atoms with van der Waals surface area (Å²) in [6.45, 7) is 0. The van der Waals surface area contributed by atoms with Crippen molar-refractivity contribution in [3.05, 3.63) is 74.3 Å². The fourth-order valence-electron chi connectivity index (χ4n) is 3.05. The summed E-state index contributed by atoms with van der Waals surface area (Å²) >= 11 is 6.88. The molecular formula is C23H16ClN3O8S. The van der Waals surface area contributed by atoms with Gasteiger partial charge in [-0.3, -0.25) is 10.1 Å². The second kappa shape index (κ2) is 10.5. The predicted octanol–water partition coefficient (Wildman–Crippen LogP) is 5.79. The molecule has 0 radical (unpaired) electrons. The van der Waals surface area contributed by atoms with Crippen molar-refractivity contribution >= 4 is 41.1 Å². The molecule has 0 aliphatic rings. The van der Waals surface area contributed by atoms with Crippen molar-refractivity contribution in [1.29, 1.82) is 0 Å². The van der Waals surface area contributed by atoms with E-state index < -0.39 is 10.9 Å². The van der Waals surface area contributed by atoms with Gasteiger partial charge in [-0.1, -0.05) is 11.6 Å². The van der Waals surface area contributed by atoms with Crippen molar-refractivity contribution in [3.63, 3.8) is 0 Å². The molecule has 0 saturated carbocycles. The average Bonchev–Trinajstić information content (AvgIpc) is 3.53. The van der Waals surface area contributed by atoms with Crippen LogP contribution in [0.4, 0.5) is 5.69 Å². The van der Waals surface area contributed by atoms with Crippen LogP contribution in [-0.4, -0.2) is 40.4 Å². The smallest absolute Gasteiger partial charge is 0.342 e. The molecule has 4 aromatic rings. The van der Waals surface area contributed by atoms with E-state index in [4.69, 9.17) is 29.9 Å². The van der Waals surface area contributed by atoms with Crippen molar-refractivity contribution in [1.82, 2.24) is 10.2 Å². The van der Waals surface area contributed by atoms with Crippen LogP contribution in [0.2, 0.25) is 5.02 Å². The molecule has 0 bridgehead atoms. The highest BCUT2D eigenvalue weighted by Gasteiger charge is 2.19. The van der Waals surface area contributed by atoms with E-state index in [0.29, 0.717) is 22.6 Å². The molecule has 0 saturated heterocycles. The number of nitro groups is 1. The van der Waals surface area contributed by atoms with Crippen LogP contribution in [0.5, 0.6) is 11.5 Å². The number of hydrogen-bond donors (Lipinski definition) is 1. The van der Waals surface area contributed by atoms with Crippen LogP contribution in [0.3, 0.4) is 0 Å². The van der Waals surface area contributed by atoms with Gasteiger partial charge in [0, 0.05) is 35.4 Å². The molecule has 4 rings (SSSR count). The van der Waals surface area contributed by atoms with E-state index in [1.165, 1.54) is 50.6 Å². The number of aliphatic carboxylic acids is 1. The van der Waals surface area contributed by atoms with Gasteiger partial charge in [-0.2, -0.15) is 0 Å². The molecule has 11 nitrogen and oxygen atoms in total. The summed E-state index contributed by atoms with van der Waals surface area (Å²) in [4.78, 5) is 22.2. The quantitative estimate of drug-likeness (QED) is 0.121. The van der Waals surface area contributed by atoms with E-state index in [1.807, 2.05) is 0 Å². The monoisotopic (exact) mass is 529 g/mol. The van der Waals surface area contributed by atoms with E-state index in [0.717, 1.165) is 11.8 Å². The number of nitrogens with zero attached hydrogens (tertiary/aromatic N) is 3. The Morgan fingerprint density at radius 1 is 1.08 bits per heavy atom. The highest BCUT2D eigenvalue weighted by Crippen LogP contribution is 2.35. The third-order valence-corrected chi connectivity index (χ3v) is 5.92. The van der Waals surface area contributed by atoms with E-state index in [2.05, 4.69) is 10.2 Å². The van der Waals surface area contributed by atoms with Crippen molar-refractivity contribution in [2.24, 2.45) is 0 Å². The highest BCUT2D eigenvalue weighted by atomic mass is 35.5. The Bertz CT molecular complexity index is 1460. The number of benzene rings is 2. The third kappa shape index (κ3) is 5.50. The molecule has 2 aromatic carbocycles. The minimum Gasteiger partial charge on any atom is -0.497 e. The zero-order valence-corrected chi connectivity index (χ0v) is 20.2. The van der Waals surface area contributed by atoms with Crippen LogP contribution in [-0.2, 0) is 4.79 Å². The Kier molecular flexibility index (Phi) is 7.27. The summed E-state index contributed by atoms with van der Waals surface area (Å²) in [5.41, 5.74) is 0.659. The number of non-ortho nitro benzene ring substituents is 1. The molecule has 0 aliphatic carbocycles. The van der Waals surface area contributed by atoms with E-state index >= 15 is 0 Å². The van der Waals surface area contributed by atoms with Crippen LogP contribution in [0.1, 0.15) is 5.76 Å². The zero-order chi connectivity index (χ0) is 25.8. The maximum Gasteiger partial charge on any atom is 0.342 e. The van der Waals surface area contributed by atoms with Crippen molar-refractivity contribution in [2.45, 2.75) is 5.22 Å². The number of aromatic nitrogens is 2. The highest BCUT2D eigenvalue weighted by molar-refractivity contribution is 8.03. The number of carboxylic acid groups (broad SMARTS) is 1. The molecule has 2 aromatic heterocycles. The lowest BCUT2D eigenvalue weighted by Crippen LogP contribution is -1.96. The van der Waals surface area contributed by atoms with Crippen molar-refractivity contribution < 1.29 is 33.1 Å². The second-order valence-electron chi connectivity index (χ2n) is 7.01. The minimum absolute atomic E-state index is 0.0195. The maximum absolute atomic E-state index is 11.9. The topological polar surface area (TPSA) is 151 Å². The SMILES string of the molecule is COc1cc(OC)cc(-c2nnc(S/C(=C\c3ccc(-c4cc([N+](=O)[O-])ccc4Cl)o3)C(=O)O)o2)c1. The van der Waals surface area contributed by atoms with Crippen LogP contribution < -0.4 is 9.47 Å². The van der Waals surface area contributed by atoms with Gasteiger partial charge in [0.2, 0.25) is 5.89 Å². The van der Waals surface area contributed by atoms with E-state index in [-0.39, 0.29) is 38.2 Å². The first-order chi connectivity index (χ1) is 17.3. The Labute approximate surface area is 212 Å². The first kappa shape index (κ1) is 24.8. The number of methoxy groups -OCH3 is 2. The van der Waals surface area contributed by atoms with Crippen molar-refractivity contribution in [2.75, 3.05) is 14.2 Å². The number of rotatable bonds is 9. The molecule has 13 heteroatoms. The number of hydrogen-bond acceptors (Lipinski definition) is 10. The van der Waals surface area contributed by atoms with Gasteiger partial charge in [0.15, 0.2) is 0 Å². The first-order valence-corrected chi connectivity index (χ1v) is 11.2. The molecule has 2 heterocycles. The largest absolute Gasteiger partial charge is 0.497 e. The average molecular weight is 530 g/mol. The lowest BCUT2D eigenvalue weighted by atomic mass is 10.1. The Morgan fingerprint density at radius 2 is 1.81 bits per heavy atom. The molecule has 0 unspecified atom stereocenters. The second-order valence-corrected chi connectivity index (χ2v) is 8.41. The van der Waals surface area contributed by atoms with Gasteiger partial charge in [0.1, 0.15) is 27.9 Å². The number of ether oxygens (including phenoxy) is 2. The zero-order valence-electron chi connectivity index (χ0n) is 18.6. The maximum atomic E-state index is 11.9. The lowest BCUT2D eigenvalue weighted by molar-refractivity contribution is -0.384. The number of carboxylic acids is 1. The molecule has 1 N–H and O–H groups in total. The fourth-order valence-corrected chi connectivity index (χ4v) is 3.91. The summed E-state index contributed by atoms with van der Waals surface area (Å²) < 4.78 is 21.8. The van der Waals surface area contributed by atoms with Gasteiger partial charge < -0.3 is 23.4 Å². The summed E-state index contributed by atoms with van der Waals surface area (Å²) in [6.07, 6.45) is 1.26. The number of nitro benzene ring substituents is 1. The molecule has 0 spiro atoms. The normalized spacial score (nSPS) is 11.4. The summed E-state index contributed by atoms with van der Waals surface area (Å²) in [5.74, 6) is 0.321. The number of halogens is 1. The summed E-state index contributed by atoms with van der Waals surface area (Å²) in [7, 11) is 3.01. The molecule has 0 atom stereocenters. The van der Waals surface area contributed by atoms with Gasteiger partial charge >= 0.3 is 5.97 Å². The minimum atomic E-state index is -1.26. The number of furan rings is 1. The lowest BCUT2D eigenvalue weighted by Gasteiger charge is -2.05. The molecular weight excluding hydrogens is 514 g/mol. The Morgan fingerprint density at radius 3 is 2.44 bits per heavy atom. The van der Waals surface area contributed by atoms with Crippen LogP contribution in [0, 0.1) is 10.1 Å². The van der Waals surface area contributed by atoms with E-state index in [9.17, 15) is 20.0 Å². The van der Waals surface area contributed by atoms with Gasteiger partial charge in [0.25, 0.3) is 10.9 Å². The molecule has 0 aliphatic heterocycles. The predicted molar refractivity (Wildman–Crippen MR) is 130 cm³/mol. The molecule has 184 valence electrons. The molecule has 0 fully saturated rings. The van der Waals surface area contributed by atoms with Gasteiger partial charge in [-0.15, -0.1) is 10.2 Å². The fraction of sp³-hybridized carbons (Fsp3) is 0.0870. The van der Waals surface area contributed by atoms with Gasteiger partial charge in [0.05, 0.1) is 24.2 Å². The van der Waals surface area contributed by atoms with E-state index in [1.54, 1.807) is 18.2 Å². The van der Waals surface area contributed by atoms with Crippen LogP contribution in [0.15, 0.2) is 67.5 Å². The number of thioether (sulfide) groups is 1. The Balaban J connectivity index is 1.59. The first-order valence-electron chi connectivity index (χ1n) is 10.0. The van der Waals surface area contributed by atoms with Crippen LogP contribution in [0.25, 0.3) is 28.9 Å². The van der Waals surface area contributed by atoms with Crippen molar-refractivity contribution in [3.8, 4) is 34.3 Å². The van der Waals surface area contributed by atoms with Crippen LogP contribution >= 0.6 is 23.4 Å². The van der Waals surface area contributed by atoms with Gasteiger partial charge in [-0.25, -0.2) is 4.79 Å². The Hall–Kier alpha value is -4.29. The van der Waals surface area contributed by atoms with Gasteiger partial charge in [-0.05, 0) is 42.1 Å². The summed E-state index contributed by atoms with van der Waals surface area (Å²) in [6, 6.07) is 12.0. The molecule has 36 heavy (non-hydrogen) atoms. The standard InChI is InChI=1S/C23H16ClN3O8S/c1-32-15-7-12(8-16(10-15)33-2)21-25-26-23(35-21)36-20(22(28)29)11-14-4-6-19(34-14)17-9-13(27(30)31)3-5-18(17)24/h3-11H,1-2H3,(H,28,29)/b20-11-. The molecule has 0 amide bonds. The third-order valence-electron chi connectivity index (χ3n) is 4.74. The number of carbonyl (C=O) groups is 1. The summed E-state index contributed by atoms with van der Waals surface area (Å²) in [5, 5.41) is 28.8.